The average molecular weight is 445 g/mol. The maximum absolute atomic E-state index is 4.67. The van der Waals surface area contributed by atoms with Gasteiger partial charge in [-0.25, -0.2) is 14.6 Å². The quantitative estimate of drug-likeness (QED) is 0.404. The molecule has 7 rings (SSSR count). The Morgan fingerprint density at radius 1 is 0.676 bits per heavy atom. The maximum atomic E-state index is 4.67. The van der Waals surface area contributed by atoms with Crippen LogP contribution in [0.1, 0.15) is 17.2 Å². The molecule has 0 radical (unpaired) electrons. The number of aromatic nitrogens is 4. The largest absolute Gasteiger partial charge is 0.353 e. The number of nitrogens with zero attached hydrogens (tertiary/aromatic N) is 6. The summed E-state index contributed by atoms with van der Waals surface area (Å²) < 4.78 is 1.89. The lowest BCUT2D eigenvalue weighted by Gasteiger charge is -2.39. The zero-order valence-electron chi connectivity index (χ0n) is 18.7. The molecule has 2 aliphatic rings. The highest BCUT2D eigenvalue weighted by Gasteiger charge is 2.34. The summed E-state index contributed by atoms with van der Waals surface area (Å²) in [5.74, 6) is 0.971. The molecule has 1 aliphatic heterocycles. The number of hydrogen-bond donors (Lipinski definition) is 0. The number of hydrogen-bond acceptors (Lipinski definition) is 5. The Labute approximate surface area is 198 Å². The minimum absolute atomic E-state index is 0.320. The van der Waals surface area contributed by atoms with Crippen LogP contribution in [0.2, 0.25) is 0 Å². The zero-order valence-corrected chi connectivity index (χ0v) is 18.7. The van der Waals surface area contributed by atoms with Crippen LogP contribution in [0.5, 0.6) is 0 Å². The maximum Gasteiger partial charge on any atom is 0.168 e. The molecule has 1 saturated heterocycles. The Bertz CT molecular complexity index is 1440. The fraction of sp³-hybridized carbons (Fsp3) is 0.179. The molecule has 3 heterocycles. The number of piperazine rings is 1. The van der Waals surface area contributed by atoms with Gasteiger partial charge in [-0.05, 0) is 34.4 Å². The van der Waals surface area contributed by atoms with Gasteiger partial charge in [0.25, 0.3) is 0 Å². The second-order valence-corrected chi connectivity index (χ2v) is 8.93. The molecule has 6 nitrogen and oxygen atoms in total. The molecule has 0 N–H and O–H groups in total. The van der Waals surface area contributed by atoms with Gasteiger partial charge in [0, 0.05) is 26.2 Å². The summed E-state index contributed by atoms with van der Waals surface area (Å²) in [4.78, 5) is 14.2. The molecule has 0 amide bonds. The van der Waals surface area contributed by atoms with Crippen LogP contribution < -0.4 is 4.90 Å². The highest BCUT2D eigenvalue weighted by Crippen LogP contribution is 2.46. The molecule has 1 fully saturated rings. The van der Waals surface area contributed by atoms with E-state index in [9.17, 15) is 0 Å². The van der Waals surface area contributed by atoms with E-state index in [-0.39, 0.29) is 0 Å². The van der Waals surface area contributed by atoms with E-state index >= 15 is 0 Å². The van der Waals surface area contributed by atoms with Gasteiger partial charge in [-0.3, -0.25) is 4.90 Å². The monoisotopic (exact) mass is 444 g/mol. The van der Waals surface area contributed by atoms with E-state index in [1.807, 2.05) is 41.2 Å². The molecule has 0 unspecified atom stereocenters. The predicted octanol–water partition coefficient (Wildman–Crippen LogP) is 4.71. The van der Waals surface area contributed by atoms with E-state index < -0.39 is 0 Å². The molecule has 0 spiro atoms. The van der Waals surface area contributed by atoms with Gasteiger partial charge >= 0.3 is 0 Å². The van der Waals surface area contributed by atoms with Crippen LogP contribution in [0.4, 0.5) is 5.82 Å². The lowest BCUT2D eigenvalue weighted by Crippen LogP contribution is -2.48. The SMILES string of the molecule is c1ccc(-n2ncc3c(N4CCN(C5c6ccccc6-c6ccccc65)CC4)ncnc32)cc1. The molecule has 1 aliphatic carbocycles. The van der Waals surface area contributed by atoms with Crippen molar-refractivity contribution in [1.29, 1.82) is 0 Å². The van der Waals surface area contributed by atoms with E-state index in [1.54, 1.807) is 6.33 Å². The summed E-state index contributed by atoms with van der Waals surface area (Å²) in [5, 5.41) is 5.62. The van der Waals surface area contributed by atoms with Gasteiger partial charge in [-0.1, -0.05) is 66.7 Å². The first kappa shape index (κ1) is 19.4. The second kappa shape index (κ2) is 7.78. The van der Waals surface area contributed by atoms with Crippen molar-refractivity contribution in [2.75, 3.05) is 31.1 Å². The van der Waals surface area contributed by atoms with Gasteiger partial charge in [0.2, 0.25) is 0 Å². The molecular formula is C28H24N6. The molecule has 5 aromatic rings. The lowest BCUT2D eigenvalue weighted by molar-refractivity contribution is 0.215. The first-order chi connectivity index (χ1) is 16.9. The fourth-order valence-corrected chi connectivity index (χ4v) is 5.56. The van der Waals surface area contributed by atoms with Crippen LogP contribution in [-0.4, -0.2) is 50.8 Å². The van der Waals surface area contributed by atoms with Crippen molar-refractivity contribution in [3.05, 3.63) is 103 Å². The highest BCUT2D eigenvalue weighted by molar-refractivity contribution is 5.87. The Kier molecular flexibility index (Phi) is 4.45. The Morgan fingerprint density at radius 3 is 2.03 bits per heavy atom. The van der Waals surface area contributed by atoms with Crippen LogP contribution in [-0.2, 0) is 0 Å². The summed E-state index contributed by atoms with van der Waals surface area (Å²) in [6.45, 7) is 3.80. The predicted molar refractivity (Wildman–Crippen MR) is 134 cm³/mol. The minimum Gasteiger partial charge on any atom is -0.353 e. The van der Waals surface area contributed by atoms with Gasteiger partial charge in [0.1, 0.15) is 12.1 Å². The summed E-state index contributed by atoms with van der Waals surface area (Å²) in [6.07, 6.45) is 3.56. The normalized spacial score (nSPS) is 16.1. The van der Waals surface area contributed by atoms with Crippen LogP contribution in [0.15, 0.2) is 91.4 Å². The van der Waals surface area contributed by atoms with Crippen molar-refractivity contribution in [2.45, 2.75) is 6.04 Å². The summed E-state index contributed by atoms with van der Waals surface area (Å²) in [7, 11) is 0. The number of fused-ring (bicyclic) bond motifs is 4. The van der Waals surface area contributed by atoms with Gasteiger partial charge in [0.05, 0.1) is 23.3 Å². The molecule has 3 aromatic carbocycles. The van der Waals surface area contributed by atoms with E-state index in [1.165, 1.54) is 22.3 Å². The van der Waals surface area contributed by atoms with Gasteiger partial charge in [-0.15, -0.1) is 0 Å². The first-order valence-corrected chi connectivity index (χ1v) is 11.8. The smallest absolute Gasteiger partial charge is 0.168 e. The van der Waals surface area contributed by atoms with Crippen LogP contribution in [0, 0.1) is 0 Å². The van der Waals surface area contributed by atoms with E-state index in [0.717, 1.165) is 48.7 Å². The summed E-state index contributed by atoms with van der Waals surface area (Å²) >= 11 is 0. The third-order valence-corrected chi connectivity index (χ3v) is 7.13. The minimum atomic E-state index is 0.320. The third-order valence-electron chi connectivity index (χ3n) is 7.13. The number of benzene rings is 3. The molecule has 6 heteroatoms. The lowest BCUT2D eigenvalue weighted by atomic mass is 10.0. The van der Waals surface area contributed by atoms with Gasteiger partial charge in [0.15, 0.2) is 5.65 Å². The van der Waals surface area contributed by atoms with E-state index in [4.69, 9.17) is 0 Å². The number of anilines is 1. The van der Waals surface area contributed by atoms with Crippen molar-refractivity contribution < 1.29 is 0 Å². The van der Waals surface area contributed by atoms with Crippen molar-refractivity contribution in [3.8, 4) is 16.8 Å². The molecule has 0 saturated carbocycles. The zero-order chi connectivity index (χ0) is 22.5. The van der Waals surface area contributed by atoms with Crippen LogP contribution >= 0.6 is 0 Å². The Morgan fingerprint density at radius 2 is 1.32 bits per heavy atom. The highest BCUT2D eigenvalue weighted by atomic mass is 15.3. The van der Waals surface area contributed by atoms with Crippen molar-refractivity contribution >= 4 is 16.9 Å². The Balaban J connectivity index is 1.18. The molecule has 166 valence electrons. The van der Waals surface area contributed by atoms with Crippen LogP contribution in [0.25, 0.3) is 27.8 Å². The van der Waals surface area contributed by atoms with Gasteiger partial charge < -0.3 is 4.90 Å². The Hall–Kier alpha value is -4.03. The molecule has 2 aromatic heterocycles. The molecule has 0 atom stereocenters. The number of rotatable bonds is 3. The van der Waals surface area contributed by atoms with Crippen molar-refractivity contribution in [3.63, 3.8) is 0 Å². The fourth-order valence-electron chi connectivity index (χ4n) is 5.56. The molecule has 34 heavy (non-hydrogen) atoms. The topological polar surface area (TPSA) is 50.1 Å². The third kappa shape index (κ3) is 2.96. The van der Waals surface area contributed by atoms with Crippen molar-refractivity contribution in [2.24, 2.45) is 0 Å². The van der Waals surface area contributed by atoms with Gasteiger partial charge in [-0.2, -0.15) is 5.10 Å². The van der Waals surface area contributed by atoms with E-state index in [2.05, 4.69) is 73.4 Å². The van der Waals surface area contributed by atoms with E-state index in [0.29, 0.717) is 6.04 Å². The first-order valence-electron chi connectivity index (χ1n) is 11.8. The van der Waals surface area contributed by atoms with Crippen LogP contribution in [0.3, 0.4) is 0 Å². The average Bonchev–Trinajstić information content (AvgIpc) is 3.49. The summed E-state index contributed by atoms with van der Waals surface area (Å²) in [5.41, 5.74) is 7.44. The second-order valence-electron chi connectivity index (χ2n) is 8.93. The number of para-hydroxylation sites is 1. The molecular weight excluding hydrogens is 420 g/mol. The summed E-state index contributed by atoms with van der Waals surface area (Å²) in [6, 6.07) is 28.2. The van der Waals surface area contributed by atoms with Crippen molar-refractivity contribution in [1.82, 2.24) is 24.6 Å². The molecule has 0 bridgehead atoms. The standard InChI is InChI=1S/C28H24N6/c1-2-8-20(9-3-1)34-28-25(18-31-34)27(29-19-30-28)33-16-14-32(15-17-33)26-23-12-6-4-10-21(23)22-11-5-7-13-24(22)26/h1-13,18-19,26H,14-17H2.